The zero-order chi connectivity index (χ0) is 25.1. The Morgan fingerprint density at radius 1 is 0.943 bits per heavy atom. The number of hydrogen-bond acceptors (Lipinski definition) is 5. The molecule has 8 heteroatoms. The Bertz CT molecular complexity index is 1490. The highest BCUT2D eigenvalue weighted by Gasteiger charge is 2.19. The van der Waals surface area contributed by atoms with Crippen molar-refractivity contribution >= 4 is 39.9 Å². The van der Waals surface area contributed by atoms with Crippen LogP contribution in [0.4, 0.5) is 5.69 Å². The minimum absolute atomic E-state index is 0.0393. The Hall–Kier alpha value is -4.10. The predicted octanol–water partition coefficient (Wildman–Crippen LogP) is 4.85. The molecule has 0 aliphatic carbocycles. The average Bonchev–Trinajstić information content (AvgIpc) is 2.85. The van der Waals surface area contributed by atoms with Crippen molar-refractivity contribution in [3.05, 3.63) is 98.8 Å². The summed E-state index contributed by atoms with van der Waals surface area (Å²) in [7, 11) is 3.03. The minimum atomic E-state index is -0.440. The number of methoxy groups -OCH3 is 2. The molecule has 3 aromatic carbocycles. The molecule has 0 unspecified atom stereocenters. The fourth-order valence-electron chi connectivity index (χ4n) is 3.79. The van der Waals surface area contributed by atoms with E-state index in [9.17, 15) is 14.4 Å². The van der Waals surface area contributed by atoms with Gasteiger partial charge in [0.05, 0.1) is 25.3 Å². The molecule has 0 saturated carbocycles. The molecule has 0 bridgehead atoms. The molecule has 4 aromatic rings. The second kappa shape index (κ2) is 10.0. The van der Waals surface area contributed by atoms with Crippen molar-refractivity contribution in [1.82, 2.24) is 4.57 Å². The van der Waals surface area contributed by atoms with E-state index in [1.165, 1.54) is 26.5 Å². The van der Waals surface area contributed by atoms with Gasteiger partial charge in [-0.15, -0.1) is 0 Å². The first-order valence-corrected chi connectivity index (χ1v) is 11.1. The Morgan fingerprint density at radius 2 is 1.66 bits per heavy atom. The van der Waals surface area contributed by atoms with Crippen LogP contribution in [-0.2, 0) is 11.3 Å². The number of carbonyl (C=O) groups excluding carboxylic acids is 2. The van der Waals surface area contributed by atoms with Gasteiger partial charge in [-0.05, 0) is 37.3 Å². The highest BCUT2D eigenvalue weighted by atomic mass is 35.5. The molecule has 1 aromatic heterocycles. The van der Waals surface area contributed by atoms with Crippen molar-refractivity contribution in [3.8, 4) is 11.5 Å². The number of amides is 1. The van der Waals surface area contributed by atoms with Crippen LogP contribution in [-0.4, -0.2) is 30.5 Å². The molecular formula is C27H23ClN2O5. The van der Waals surface area contributed by atoms with Gasteiger partial charge >= 0.3 is 0 Å². The standard InChI is InChI=1S/C27H23ClN2O5/c1-16-4-6-17(7-5-16)26(32)21-14-30(22-10-8-18(28)12-20(22)27(21)33)15-25(31)29-19-9-11-23(34-2)24(13-19)35-3/h4-14H,15H2,1-3H3,(H,29,31). The Balaban J connectivity index is 1.72. The number of rotatable bonds is 7. The van der Waals surface area contributed by atoms with Crippen molar-refractivity contribution in [3.63, 3.8) is 0 Å². The third-order valence-corrected chi connectivity index (χ3v) is 5.82. The number of benzene rings is 3. The van der Waals surface area contributed by atoms with E-state index in [0.717, 1.165) is 5.56 Å². The molecular weight excluding hydrogens is 468 g/mol. The number of aromatic nitrogens is 1. The molecule has 0 atom stereocenters. The molecule has 178 valence electrons. The molecule has 7 nitrogen and oxygen atoms in total. The number of carbonyl (C=O) groups is 2. The number of hydrogen-bond donors (Lipinski definition) is 1. The van der Waals surface area contributed by atoms with E-state index in [1.54, 1.807) is 59.2 Å². The molecule has 0 fully saturated rings. The molecule has 0 radical (unpaired) electrons. The quantitative estimate of drug-likeness (QED) is 0.374. The first-order chi connectivity index (χ1) is 16.8. The lowest BCUT2D eigenvalue weighted by Crippen LogP contribution is -2.24. The number of anilines is 1. The van der Waals surface area contributed by atoms with Crippen LogP contribution < -0.4 is 20.2 Å². The van der Waals surface area contributed by atoms with Crippen LogP contribution >= 0.6 is 11.6 Å². The third-order valence-electron chi connectivity index (χ3n) is 5.58. The summed E-state index contributed by atoms with van der Waals surface area (Å²) in [5, 5.41) is 3.43. The summed E-state index contributed by atoms with van der Waals surface area (Å²) in [6.45, 7) is 1.78. The number of aryl methyl sites for hydroxylation is 1. The van der Waals surface area contributed by atoms with Crippen LogP contribution in [0.15, 0.2) is 71.7 Å². The van der Waals surface area contributed by atoms with Crippen LogP contribution in [0.25, 0.3) is 10.9 Å². The van der Waals surface area contributed by atoms with Crippen molar-refractivity contribution in [2.24, 2.45) is 0 Å². The molecule has 4 rings (SSSR count). The summed E-state index contributed by atoms with van der Waals surface area (Å²) >= 11 is 6.14. The number of halogens is 1. The number of nitrogens with zero attached hydrogens (tertiary/aromatic N) is 1. The number of nitrogens with one attached hydrogen (secondary N) is 1. The van der Waals surface area contributed by atoms with Crippen molar-refractivity contribution in [1.29, 1.82) is 0 Å². The van der Waals surface area contributed by atoms with E-state index >= 15 is 0 Å². The van der Waals surface area contributed by atoms with Gasteiger partial charge in [0.2, 0.25) is 11.3 Å². The SMILES string of the molecule is COc1ccc(NC(=O)Cn2cc(C(=O)c3ccc(C)cc3)c(=O)c3cc(Cl)ccc32)cc1OC. The molecule has 0 aliphatic heterocycles. The normalized spacial score (nSPS) is 10.7. The lowest BCUT2D eigenvalue weighted by Gasteiger charge is -2.14. The molecule has 0 aliphatic rings. The maximum Gasteiger partial charge on any atom is 0.244 e. The van der Waals surface area contributed by atoms with Gasteiger partial charge in [0.25, 0.3) is 0 Å². The van der Waals surface area contributed by atoms with E-state index in [2.05, 4.69) is 5.32 Å². The van der Waals surface area contributed by atoms with E-state index in [1.807, 2.05) is 6.92 Å². The molecule has 0 saturated heterocycles. The highest BCUT2D eigenvalue weighted by molar-refractivity contribution is 6.31. The number of ether oxygens (including phenoxy) is 2. The number of fused-ring (bicyclic) bond motifs is 1. The van der Waals surface area contributed by atoms with Gasteiger partial charge in [-0.2, -0.15) is 0 Å². The van der Waals surface area contributed by atoms with Crippen LogP contribution in [0.5, 0.6) is 11.5 Å². The van der Waals surface area contributed by atoms with Gasteiger partial charge in [0.1, 0.15) is 6.54 Å². The van der Waals surface area contributed by atoms with Gasteiger partial charge in [-0.1, -0.05) is 41.4 Å². The second-order valence-electron chi connectivity index (χ2n) is 7.97. The van der Waals surface area contributed by atoms with E-state index in [0.29, 0.717) is 33.3 Å². The Labute approximate surface area is 206 Å². The zero-order valence-electron chi connectivity index (χ0n) is 19.4. The topological polar surface area (TPSA) is 86.6 Å². The average molecular weight is 491 g/mol. The number of ketones is 1. The molecule has 35 heavy (non-hydrogen) atoms. The maximum atomic E-state index is 13.2. The second-order valence-corrected chi connectivity index (χ2v) is 8.41. The van der Waals surface area contributed by atoms with E-state index < -0.39 is 11.2 Å². The van der Waals surface area contributed by atoms with E-state index in [-0.39, 0.29) is 23.4 Å². The van der Waals surface area contributed by atoms with Crippen LogP contribution in [0.1, 0.15) is 21.5 Å². The lowest BCUT2D eigenvalue weighted by molar-refractivity contribution is -0.116. The summed E-state index contributed by atoms with van der Waals surface area (Å²) in [4.78, 5) is 39.3. The van der Waals surface area contributed by atoms with Crippen LogP contribution in [0, 0.1) is 6.92 Å². The Morgan fingerprint density at radius 3 is 2.34 bits per heavy atom. The lowest BCUT2D eigenvalue weighted by atomic mass is 10.0. The maximum absolute atomic E-state index is 13.2. The van der Waals surface area contributed by atoms with Gasteiger partial charge < -0.3 is 19.4 Å². The molecule has 1 amide bonds. The van der Waals surface area contributed by atoms with E-state index in [4.69, 9.17) is 21.1 Å². The Kier molecular flexibility index (Phi) is 6.89. The summed E-state index contributed by atoms with van der Waals surface area (Å²) < 4.78 is 12.1. The molecule has 1 heterocycles. The first-order valence-electron chi connectivity index (χ1n) is 10.8. The van der Waals surface area contributed by atoms with Crippen molar-refractivity contribution in [2.45, 2.75) is 13.5 Å². The fraction of sp³-hybridized carbons (Fsp3) is 0.148. The minimum Gasteiger partial charge on any atom is -0.493 e. The molecule has 0 spiro atoms. The van der Waals surface area contributed by atoms with Crippen LogP contribution in [0.2, 0.25) is 5.02 Å². The molecule has 1 N–H and O–H groups in total. The predicted molar refractivity (Wildman–Crippen MR) is 136 cm³/mol. The largest absolute Gasteiger partial charge is 0.493 e. The number of pyridine rings is 1. The van der Waals surface area contributed by atoms with Crippen LogP contribution in [0.3, 0.4) is 0 Å². The smallest absolute Gasteiger partial charge is 0.244 e. The van der Waals surface area contributed by atoms with Crippen molar-refractivity contribution in [2.75, 3.05) is 19.5 Å². The van der Waals surface area contributed by atoms with Gasteiger partial charge in [0.15, 0.2) is 17.3 Å². The monoisotopic (exact) mass is 490 g/mol. The zero-order valence-corrected chi connectivity index (χ0v) is 20.2. The summed E-state index contributed by atoms with van der Waals surface area (Å²) in [6.07, 6.45) is 1.43. The summed E-state index contributed by atoms with van der Waals surface area (Å²) in [5.74, 6) is 0.226. The van der Waals surface area contributed by atoms with Gasteiger partial charge in [0, 0.05) is 33.9 Å². The van der Waals surface area contributed by atoms with Gasteiger partial charge in [-0.25, -0.2) is 0 Å². The first kappa shape index (κ1) is 24.0. The summed E-state index contributed by atoms with van der Waals surface area (Å²) in [6, 6.07) is 16.8. The highest BCUT2D eigenvalue weighted by Crippen LogP contribution is 2.29. The fourth-order valence-corrected chi connectivity index (χ4v) is 3.96. The van der Waals surface area contributed by atoms with Crippen molar-refractivity contribution < 1.29 is 19.1 Å². The van der Waals surface area contributed by atoms with Gasteiger partial charge in [-0.3, -0.25) is 14.4 Å². The summed E-state index contributed by atoms with van der Waals surface area (Å²) in [5.41, 5.74) is 1.90. The third kappa shape index (κ3) is 5.05.